The van der Waals surface area contributed by atoms with Gasteiger partial charge in [-0.2, -0.15) is 0 Å². The molecular weight excluding hydrogens is 88.1 g/mol. The molecule has 0 aromatic carbocycles. The SMILES string of the molecule is [CH2]C1=CCOC=C1. The van der Waals surface area contributed by atoms with E-state index in [1.54, 1.807) is 6.26 Å². The van der Waals surface area contributed by atoms with Crippen LogP contribution in [0.1, 0.15) is 0 Å². The number of ether oxygens (including phenoxy) is 1. The summed E-state index contributed by atoms with van der Waals surface area (Å²) in [6, 6.07) is 0. The van der Waals surface area contributed by atoms with Crippen LogP contribution < -0.4 is 0 Å². The average molecular weight is 95.1 g/mol. The van der Waals surface area contributed by atoms with Crippen LogP contribution in [-0.2, 0) is 4.74 Å². The van der Waals surface area contributed by atoms with Crippen molar-refractivity contribution in [1.29, 1.82) is 0 Å². The van der Waals surface area contributed by atoms with Crippen molar-refractivity contribution in [3.05, 3.63) is 30.9 Å². The van der Waals surface area contributed by atoms with Gasteiger partial charge < -0.3 is 4.74 Å². The number of rotatable bonds is 0. The van der Waals surface area contributed by atoms with Crippen LogP contribution >= 0.6 is 0 Å². The summed E-state index contributed by atoms with van der Waals surface area (Å²) in [6.07, 6.45) is 5.42. The summed E-state index contributed by atoms with van der Waals surface area (Å²) in [4.78, 5) is 0. The van der Waals surface area contributed by atoms with E-state index in [1.807, 2.05) is 12.2 Å². The topological polar surface area (TPSA) is 9.23 Å². The van der Waals surface area contributed by atoms with Crippen molar-refractivity contribution in [2.45, 2.75) is 0 Å². The Balaban J connectivity index is 2.58. The van der Waals surface area contributed by atoms with E-state index in [9.17, 15) is 0 Å². The highest BCUT2D eigenvalue weighted by molar-refractivity contribution is 5.22. The molecule has 7 heavy (non-hydrogen) atoms. The molecule has 1 nitrogen and oxygen atoms in total. The molecule has 0 saturated carbocycles. The molecule has 0 unspecified atom stereocenters. The Labute approximate surface area is 43.3 Å². The van der Waals surface area contributed by atoms with Crippen LogP contribution in [0, 0.1) is 6.92 Å². The molecular formula is C6H7O. The molecule has 0 atom stereocenters. The van der Waals surface area contributed by atoms with Crippen molar-refractivity contribution in [2.24, 2.45) is 0 Å². The summed E-state index contributed by atoms with van der Waals surface area (Å²) in [5.74, 6) is 0. The molecule has 0 fully saturated rings. The number of hydrogen-bond donors (Lipinski definition) is 0. The van der Waals surface area contributed by atoms with Crippen LogP contribution in [-0.4, -0.2) is 6.61 Å². The van der Waals surface area contributed by atoms with Crippen LogP contribution in [0.2, 0.25) is 0 Å². The molecule has 0 bridgehead atoms. The van der Waals surface area contributed by atoms with Crippen LogP contribution in [0.15, 0.2) is 24.0 Å². The summed E-state index contributed by atoms with van der Waals surface area (Å²) >= 11 is 0. The zero-order valence-electron chi connectivity index (χ0n) is 4.05. The highest BCUT2D eigenvalue weighted by Crippen LogP contribution is 1.99. The van der Waals surface area contributed by atoms with Crippen LogP contribution in [0.25, 0.3) is 0 Å². The third kappa shape index (κ3) is 1.07. The van der Waals surface area contributed by atoms with Gasteiger partial charge in [0, 0.05) is 0 Å². The lowest BCUT2D eigenvalue weighted by molar-refractivity contribution is 0.285. The van der Waals surface area contributed by atoms with Gasteiger partial charge in [0.25, 0.3) is 0 Å². The van der Waals surface area contributed by atoms with Crippen molar-refractivity contribution in [1.82, 2.24) is 0 Å². The summed E-state index contributed by atoms with van der Waals surface area (Å²) in [5.41, 5.74) is 1.03. The maximum absolute atomic E-state index is 4.84. The molecule has 1 heteroatoms. The van der Waals surface area contributed by atoms with Crippen molar-refractivity contribution >= 4 is 0 Å². The van der Waals surface area contributed by atoms with Crippen LogP contribution in [0.3, 0.4) is 0 Å². The second-order valence-electron chi connectivity index (χ2n) is 1.42. The Morgan fingerprint density at radius 2 is 2.57 bits per heavy atom. The highest BCUT2D eigenvalue weighted by atomic mass is 16.5. The van der Waals surface area contributed by atoms with Crippen LogP contribution in [0.5, 0.6) is 0 Å². The Bertz CT molecular complexity index is 111. The highest BCUT2D eigenvalue weighted by Gasteiger charge is 1.86. The van der Waals surface area contributed by atoms with Crippen molar-refractivity contribution in [3.63, 3.8) is 0 Å². The maximum atomic E-state index is 4.84. The van der Waals surface area contributed by atoms with Gasteiger partial charge in [0.15, 0.2) is 0 Å². The summed E-state index contributed by atoms with van der Waals surface area (Å²) in [7, 11) is 0. The predicted molar refractivity (Wildman–Crippen MR) is 28.5 cm³/mol. The second-order valence-corrected chi connectivity index (χ2v) is 1.42. The first-order valence-corrected chi connectivity index (χ1v) is 2.20. The average Bonchev–Trinajstić information content (AvgIpc) is 1.69. The van der Waals surface area contributed by atoms with Crippen molar-refractivity contribution < 1.29 is 4.74 Å². The van der Waals surface area contributed by atoms with Gasteiger partial charge in [-0.25, -0.2) is 0 Å². The lowest BCUT2D eigenvalue weighted by Gasteiger charge is -2.00. The molecule has 37 valence electrons. The lowest BCUT2D eigenvalue weighted by atomic mass is 10.3. The van der Waals surface area contributed by atoms with Crippen molar-refractivity contribution in [3.8, 4) is 0 Å². The van der Waals surface area contributed by atoms with Gasteiger partial charge in [-0.1, -0.05) is 0 Å². The van der Waals surface area contributed by atoms with Gasteiger partial charge in [0.2, 0.25) is 0 Å². The summed E-state index contributed by atoms with van der Waals surface area (Å²) in [6.45, 7) is 4.37. The zero-order valence-corrected chi connectivity index (χ0v) is 4.05. The fraction of sp³-hybridized carbons (Fsp3) is 0.167. The van der Waals surface area contributed by atoms with Gasteiger partial charge >= 0.3 is 0 Å². The van der Waals surface area contributed by atoms with E-state index in [0.717, 1.165) is 5.57 Å². The molecule has 1 aliphatic rings. The minimum absolute atomic E-state index is 0.676. The van der Waals surface area contributed by atoms with Crippen LogP contribution in [0.4, 0.5) is 0 Å². The maximum Gasteiger partial charge on any atom is 0.106 e. The summed E-state index contributed by atoms with van der Waals surface area (Å²) < 4.78 is 4.84. The van der Waals surface area contributed by atoms with Crippen molar-refractivity contribution in [2.75, 3.05) is 6.61 Å². The molecule has 1 radical (unpaired) electrons. The quantitative estimate of drug-likeness (QED) is 0.440. The Morgan fingerprint density at radius 3 is 2.86 bits per heavy atom. The van der Waals surface area contributed by atoms with Gasteiger partial charge in [-0.15, -0.1) is 0 Å². The lowest BCUT2D eigenvalue weighted by Crippen LogP contribution is -1.87. The van der Waals surface area contributed by atoms with Gasteiger partial charge in [-0.3, -0.25) is 0 Å². The zero-order chi connectivity index (χ0) is 5.11. The monoisotopic (exact) mass is 95.0 g/mol. The summed E-state index contributed by atoms with van der Waals surface area (Å²) in [5, 5.41) is 0. The number of hydrogen-bond acceptors (Lipinski definition) is 1. The Morgan fingerprint density at radius 1 is 1.71 bits per heavy atom. The molecule has 0 aliphatic carbocycles. The largest absolute Gasteiger partial charge is 0.497 e. The van der Waals surface area contributed by atoms with E-state index in [0.29, 0.717) is 6.61 Å². The Hall–Kier alpha value is -0.720. The van der Waals surface area contributed by atoms with E-state index in [2.05, 4.69) is 6.92 Å². The molecule has 0 N–H and O–H groups in total. The third-order valence-electron chi connectivity index (χ3n) is 0.820. The first kappa shape index (κ1) is 4.44. The molecule has 0 amide bonds. The standard InChI is InChI=1S/C6H7O/c1-6-2-4-7-5-3-6/h2-4H,1,5H2. The first-order valence-electron chi connectivity index (χ1n) is 2.20. The molecule has 0 aromatic heterocycles. The number of allylic oxidation sites excluding steroid dienone is 2. The van der Waals surface area contributed by atoms with Gasteiger partial charge in [-0.05, 0) is 24.6 Å². The molecule has 1 heterocycles. The van der Waals surface area contributed by atoms with E-state index in [1.165, 1.54) is 0 Å². The third-order valence-corrected chi connectivity index (χ3v) is 0.820. The molecule has 0 aromatic rings. The molecule has 1 rings (SSSR count). The van der Waals surface area contributed by atoms with Gasteiger partial charge in [0.1, 0.15) is 6.61 Å². The smallest absolute Gasteiger partial charge is 0.106 e. The van der Waals surface area contributed by atoms with E-state index >= 15 is 0 Å². The predicted octanol–water partition coefficient (Wildman–Crippen LogP) is 1.29. The normalized spacial score (nSPS) is 18.1. The second kappa shape index (κ2) is 1.82. The molecule has 0 spiro atoms. The minimum atomic E-state index is 0.676. The van der Waals surface area contributed by atoms with Gasteiger partial charge in [0.05, 0.1) is 6.26 Å². The Kier molecular flexibility index (Phi) is 1.16. The fourth-order valence-electron chi connectivity index (χ4n) is 0.414. The molecule has 1 aliphatic heterocycles. The minimum Gasteiger partial charge on any atom is -0.497 e. The first-order chi connectivity index (χ1) is 3.39. The van der Waals surface area contributed by atoms with E-state index in [-0.39, 0.29) is 0 Å². The fourth-order valence-corrected chi connectivity index (χ4v) is 0.414. The molecule has 0 saturated heterocycles. The van der Waals surface area contributed by atoms with E-state index in [4.69, 9.17) is 4.74 Å². The van der Waals surface area contributed by atoms with E-state index < -0.39 is 0 Å².